The van der Waals surface area contributed by atoms with Gasteiger partial charge in [0.1, 0.15) is 12.4 Å². The Hall–Kier alpha value is -2.69. The summed E-state index contributed by atoms with van der Waals surface area (Å²) in [4.78, 5) is 34.7. The zero-order valence-electron chi connectivity index (χ0n) is 23.1. The molecule has 0 saturated carbocycles. The van der Waals surface area contributed by atoms with Crippen LogP contribution in [0.1, 0.15) is 79.7 Å². The lowest BCUT2D eigenvalue weighted by atomic mass is 10.1. The van der Waals surface area contributed by atoms with E-state index in [0.717, 1.165) is 7.11 Å². The number of esters is 1. The van der Waals surface area contributed by atoms with Gasteiger partial charge in [-0.1, -0.05) is 40.7 Å². The first-order chi connectivity index (χ1) is 17.3. The van der Waals surface area contributed by atoms with Gasteiger partial charge in [-0.15, -0.1) is 0 Å². The van der Waals surface area contributed by atoms with Crippen molar-refractivity contribution in [3.63, 3.8) is 0 Å². The van der Waals surface area contributed by atoms with Crippen LogP contribution in [-0.4, -0.2) is 60.1 Å². The standard InChI is InChI=1S/C21H30N2O7.2C2H6.CH4O/c1-4-19(26)22-8-7-20(27)23-17-10-15(12-28-14(3)24)5-6-18(17)30-21-11-16(25)9-13(2)29-21;3*1-2/h5-6,10,13,16,21,25H,4,7-9,11-12H2,1-3H3,(H,22,26)(H,23,27);2*1-2H3;2H,1H3/t13?,16-,21?;;;/m0.../s1. The molecule has 208 valence electrons. The molecule has 10 heteroatoms. The lowest BCUT2D eigenvalue weighted by Gasteiger charge is -2.31. The molecule has 0 aliphatic carbocycles. The number of hydrogen-bond donors (Lipinski definition) is 4. The summed E-state index contributed by atoms with van der Waals surface area (Å²) >= 11 is 0. The smallest absolute Gasteiger partial charge is 0.302 e. The zero-order chi connectivity index (χ0) is 28.1. The molecule has 4 N–H and O–H groups in total. The monoisotopic (exact) mass is 514 g/mol. The second-order valence-corrected chi connectivity index (χ2v) is 7.23. The van der Waals surface area contributed by atoms with Gasteiger partial charge >= 0.3 is 5.97 Å². The number of carbonyl (C=O) groups is 3. The first-order valence-electron chi connectivity index (χ1n) is 12.5. The summed E-state index contributed by atoms with van der Waals surface area (Å²) in [7, 11) is 1.00. The predicted molar refractivity (Wildman–Crippen MR) is 140 cm³/mol. The van der Waals surface area contributed by atoms with E-state index in [0.29, 0.717) is 36.3 Å². The molecule has 1 aliphatic rings. The number of aliphatic hydroxyl groups is 2. The van der Waals surface area contributed by atoms with Crippen LogP contribution in [0.25, 0.3) is 0 Å². The maximum atomic E-state index is 12.3. The Labute approximate surface area is 215 Å². The second-order valence-electron chi connectivity index (χ2n) is 7.23. The fourth-order valence-electron chi connectivity index (χ4n) is 2.99. The normalized spacial score (nSPS) is 17.9. The first-order valence-corrected chi connectivity index (χ1v) is 12.5. The van der Waals surface area contributed by atoms with Crippen LogP contribution in [0, 0.1) is 0 Å². The highest BCUT2D eigenvalue weighted by Gasteiger charge is 2.28. The number of carbonyl (C=O) groups excluding carboxylic acids is 3. The minimum atomic E-state index is -0.650. The van der Waals surface area contributed by atoms with Gasteiger partial charge in [0.05, 0.1) is 17.9 Å². The van der Waals surface area contributed by atoms with Gasteiger partial charge in [-0.3, -0.25) is 14.4 Å². The fraction of sp³-hybridized carbons (Fsp3) is 0.654. The van der Waals surface area contributed by atoms with Gasteiger partial charge in [-0.2, -0.15) is 0 Å². The highest BCUT2D eigenvalue weighted by Crippen LogP contribution is 2.30. The molecule has 2 unspecified atom stereocenters. The van der Waals surface area contributed by atoms with Crippen molar-refractivity contribution in [1.29, 1.82) is 0 Å². The van der Waals surface area contributed by atoms with E-state index in [-0.39, 0.29) is 37.5 Å². The molecule has 1 aromatic carbocycles. The summed E-state index contributed by atoms with van der Waals surface area (Å²) in [5, 5.41) is 22.4. The summed E-state index contributed by atoms with van der Waals surface area (Å²) in [6.45, 7) is 13.2. The number of nitrogens with one attached hydrogen (secondary N) is 2. The Kier molecular flexibility index (Phi) is 21.3. The molecule has 1 saturated heterocycles. The highest BCUT2D eigenvalue weighted by molar-refractivity contribution is 5.92. The zero-order valence-corrected chi connectivity index (χ0v) is 23.1. The second kappa shape index (κ2) is 21.6. The summed E-state index contributed by atoms with van der Waals surface area (Å²) in [5.74, 6) is -0.471. The van der Waals surface area contributed by atoms with Crippen molar-refractivity contribution in [2.75, 3.05) is 19.0 Å². The Morgan fingerprint density at radius 1 is 1.08 bits per heavy atom. The molecule has 10 nitrogen and oxygen atoms in total. The van der Waals surface area contributed by atoms with Crippen molar-refractivity contribution in [2.24, 2.45) is 0 Å². The summed E-state index contributed by atoms with van der Waals surface area (Å²) in [6.07, 6.45) is -0.0325. The lowest BCUT2D eigenvalue weighted by Crippen LogP contribution is -2.37. The van der Waals surface area contributed by atoms with Gasteiger partial charge in [0.25, 0.3) is 0 Å². The van der Waals surface area contributed by atoms with Crippen molar-refractivity contribution >= 4 is 23.5 Å². The number of anilines is 1. The SMILES string of the molecule is CC.CC.CCC(=O)NCCC(=O)Nc1cc(COC(C)=O)ccc1OC1C[C@@H](O)CC(C)O1.CO. The average Bonchev–Trinajstić information content (AvgIpc) is 2.87. The van der Waals surface area contributed by atoms with Crippen LogP contribution in [0.5, 0.6) is 5.75 Å². The minimum absolute atomic E-state index is 0.0563. The van der Waals surface area contributed by atoms with Crippen LogP contribution in [0.2, 0.25) is 0 Å². The van der Waals surface area contributed by atoms with Crippen molar-refractivity contribution in [2.45, 2.75) is 99.3 Å². The van der Waals surface area contributed by atoms with Crippen molar-refractivity contribution in [3.05, 3.63) is 23.8 Å². The molecule has 1 aromatic rings. The molecule has 1 fully saturated rings. The predicted octanol–water partition coefficient (Wildman–Crippen LogP) is 3.53. The van der Waals surface area contributed by atoms with Crippen molar-refractivity contribution < 1.29 is 38.8 Å². The maximum Gasteiger partial charge on any atom is 0.302 e. The van der Waals surface area contributed by atoms with Crippen LogP contribution >= 0.6 is 0 Å². The summed E-state index contributed by atoms with van der Waals surface area (Å²) < 4.78 is 16.6. The van der Waals surface area contributed by atoms with Gasteiger partial charge in [0.2, 0.25) is 18.1 Å². The number of rotatable bonds is 9. The molecule has 0 radical (unpaired) electrons. The number of aliphatic hydroxyl groups excluding tert-OH is 2. The summed E-state index contributed by atoms with van der Waals surface area (Å²) in [5.41, 5.74) is 1.06. The van der Waals surface area contributed by atoms with Gasteiger partial charge in [-0.05, 0) is 31.0 Å². The van der Waals surface area contributed by atoms with Gasteiger partial charge < -0.3 is 35.1 Å². The van der Waals surface area contributed by atoms with E-state index in [1.165, 1.54) is 6.92 Å². The molecule has 0 spiro atoms. The van der Waals surface area contributed by atoms with E-state index in [4.69, 9.17) is 19.3 Å². The van der Waals surface area contributed by atoms with E-state index in [1.54, 1.807) is 25.1 Å². The molecule has 0 bridgehead atoms. The van der Waals surface area contributed by atoms with Crippen LogP contribution < -0.4 is 15.4 Å². The van der Waals surface area contributed by atoms with Crippen LogP contribution in [-0.2, 0) is 30.5 Å². The van der Waals surface area contributed by atoms with Crippen LogP contribution in [0.3, 0.4) is 0 Å². The Morgan fingerprint density at radius 3 is 2.28 bits per heavy atom. The quantitative estimate of drug-likeness (QED) is 0.367. The molecule has 2 amide bonds. The van der Waals surface area contributed by atoms with Gasteiger partial charge in [-0.25, -0.2) is 0 Å². The number of benzene rings is 1. The molecular formula is C26H46N2O8. The maximum absolute atomic E-state index is 12.3. The van der Waals surface area contributed by atoms with E-state index in [1.807, 2.05) is 34.6 Å². The molecule has 36 heavy (non-hydrogen) atoms. The summed E-state index contributed by atoms with van der Waals surface area (Å²) in [6, 6.07) is 5.03. The lowest BCUT2D eigenvalue weighted by molar-refractivity contribution is -0.169. The third kappa shape index (κ3) is 15.3. The molecule has 0 aromatic heterocycles. The van der Waals surface area contributed by atoms with Gasteiger partial charge in [0, 0.05) is 39.8 Å². The molecule has 1 heterocycles. The first kappa shape index (κ1) is 35.5. The van der Waals surface area contributed by atoms with E-state index in [9.17, 15) is 19.5 Å². The third-order valence-electron chi connectivity index (χ3n) is 4.47. The van der Waals surface area contributed by atoms with Crippen LogP contribution in [0.4, 0.5) is 5.69 Å². The number of hydrogen-bond acceptors (Lipinski definition) is 8. The third-order valence-corrected chi connectivity index (χ3v) is 4.47. The van der Waals surface area contributed by atoms with Crippen LogP contribution in [0.15, 0.2) is 18.2 Å². The van der Waals surface area contributed by atoms with E-state index in [2.05, 4.69) is 10.6 Å². The number of amides is 2. The molecule has 3 atom stereocenters. The van der Waals surface area contributed by atoms with E-state index >= 15 is 0 Å². The largest absolute Gasteiger partial charge is 0.463 e. The topological polar surface area (TPSA) is 143 Å². The molecule has 2 rings (SSSR count). The Morgan fingerprint density at radius 2 is 1.72 bits per heavy atom. The Balaban J connectivity index is 0. The highest BCUT2D eigenvalue weighted by atomic mass is 16.7. The van der Waals surface area contributed by atoms with E-state index < -0.39 is 18.4 Å². The van der Waals surface area contributed by atoms with Crippen molar-refractivity contribution in [3.8, 4) is 5.75 Å². The minimum Gasteiger partial charge on any atom is -0.463 e. The average molecular weight is 515 g/mol. The number of ether oxygens (including phenoxy) is 3. The fourth-order valence-corrected chi connectivity index (χ4v) is 2.99. The molecule has 1 aliphatic heterocycles. The van der Waals surface area contributed by atoms with Gasteiger partial charge in [0.15, 0.2) is 0 Å². The Bertz CT molecular complexity index is 747. The molecular weight excluding hydrogens is 468 g/mol. The van der Waals surface area contributed by atoms with Crippen molar-refractivity contribution in [1.82, 2.24) is 5.32 Å².